The number of hydrogen-bond donors (Lipinski definition) is 1. The van der Waals surface area contributed by atoms with Crippen molar-refractivity contribution in [3.63, 3.8) is 0 Å². The zero-order valence-corrected chi connectivity index (χ0v) is 18.3. The Labute approximate surface area is 191 Å². The topological polar surface area (TPSA) is 81.7 Å². The second-order valence-electron chi connectivity index (χ2n) is 7.62. The van der Waals surface area contributed by atoms with Gasteiger partial charge < -0.3 is 14.8 Å². The maximum absolute atomic E-state index is 13.0. The molecule has 6 nitrogen and oxygen atoms in total. The quantitative estimate of drug-likeness (QED) is 0.357. The van der Waals surface area contributed by atoms with Crippen LogP contribution in [0.2, 0.25) is 0 Å². The number of ether oxygens (including phenoxy) is 2. The number of carbonyl (C=O) groups excluding carboxylic acids is 3. The third kappa shape index (κ3) is 4.55. The van der Waals surface area contributed by atoms with E-state index >= 15 is 0 Å². The van der Waals surface area contributed by atoms with Gasteiger partial charge in [0.05, 0.1) is 19.8 Å². The lowest BCUT2D eigenvalue weighted by Gasteiger charge is -2.19. The lowest BCUT2D eigenvalue weighted by atomic mass is 9.92. The van der Waals surface area contributed by atoms with E-state index in [0.717, 1.165) is 27.1 Å². The van der Waals surface area contributed by atoms with Gasteiger partial charge in [-0.25, -0.2) is 9.59 Å². The van der Waals surface area contributed by atoms with Gasteiger partial charge in [0, 0.05) is 12.0 Å². The molecule has 0 spiro atoms. The molecule has 0 heterocycles. The average molecular weight is 441 g/mol. The summed E-state index contributed by atoms with van der Waals surface area (Å²) in [5, 5.41) is 6.89. The summed E-state index contributed by atoms with van der Waals surface area (Å²) in [6.07, 6.45) is 0.247. The zero-order valence-electron chi connectivity index (χ0n) is 18.3. The molecule has 0 aliphatic carbocycles. The molecule has 0 saturated carbocycles. The molecule has 166 valence electrons. The molecule has 0 saturated heterocycles. The Bertz CT molecular complexity index is 1310. The van der Waals surface area contributed by atoms with E-state index in [-0.39, 0.29) is 17.5 Å². The van der Waals surface area contributed by atoms with E-state index in [2.05, 4.69) is 11.4 Å². The first-order valence-corrected chi connectivity index (χ1v) is 10.5. The third-order valence-electron chi connectivity index (χ3n) is 5.63. The fourth-order valence-corrected chi connectivity index (χ4v) is 4.01. The van der Waals surface area contributed by atoms with Crippen molar-refractivity contribution in [1.29, 1.82) is 0 Å². The molecular formula is C27H23NO5. The fraction of sp³-hybridized carbons (Fsp3) is 0.148. The van der Waals surface area contributed by atoms with Crippen LogP contribution in [0.25, 0.3) is 21.5 Å². The summed E-state index contributed by atoms with van der Waals surface area (Å²) in [5.74, 6) is -1.58. The van der Waals surface area contributed by atoms with Gasteiger partial charge in [-0.2, -0.15) is 0 Å². The van der Waals surface area contributed by atoms with Gasteiger partial charge in [0.1, 0.15) is 6.04 Å². The van der Waals surface area contributed by atoms with Crippen LogP contribution in [-0.2, 0) is 20.7 Å². The molecule has 0 unspecified atom stereocenters. The molecule has 4 aromatic rings. The van der Waals surface area contributed by atoms with Crippen molar-refractivity contribution in [2.24, 2.45) is 0 Å². The lowest BCUT2D eigenvalue weighted by molar-refractivity contribution is -0.142. The monoisotopic (exact) mass is 441 g/mol. The van der Waals surface area contributed by atoms with Gasteiger partial charge in [-0.1, -0.05) is 54.6 Å². The molecule has 4 rings (SSSR count). The molecule has 0 aliphatic heterocycles. The van der Waals surface area contributed by atoms with E-state index in [1.54, 1.807) is 18.2 Å². The molecule has 1 N–H and O–H groups in total. The molecule has 1 atom stereocenters. The number of carbonyl (C=O) groups is 3. The molecule has 0 aromatic heterocycles. The number of nitrogens with one attached hydrogen (secondary N) is 1. The van der Waals surface area contributed by atoms with E-state index in [0.29, 0.717) is 0 Å². The highest BCUT2D eigenvalue weighted by Gasteiger charge is 2.25. The second-order valence-corrected chi connectivity index (χ2v) is 7.62. The summed E-state index contributed by atoms with van der Waals surface area (Å²) in [7, 11) is 2.57. The maximum Gasteiger partial charge on any atom is 0.337 e. The molecule has 4 aromatic carbocycles. The highest BCUT2D eigenvalue weighted by molar-refractivity contribution is 6.03. The van der Waals surface area contributed by atoms with Gasteiger partial charge >= 0.3 is 11.9 Å². The summed E-state index contributed by atoms with van der Waals surface area (Å²) in [4.78, 5) is 37.5. The van der Waals surface area contributed by atoms with Crippen molar-refractivity contribution in [1.82, 2.24) is 5.32 Å². The molecule has 6 heteroatoms. The van der Waals surface area contributed by atoms with E-state index in [1.807, 2.05) is 48.5 Å². The number of rotatable bonds is 6. The van der Waals surface area contributed by atoms with Crippen molar-refractivity contribution in [2.45, 2.75) is 12.5 Å². The smallest absolute Gasteiger partial charge is 0.337 e. The molecule has 33 heavy (non-hydrogen) atoms. The van der Waals surface area contributed by atoms with Crippen LogP contribution in [0.15, 0.2) is 78.9 Å². The third-order valence-corrected chi connectivity index (χ3v) is 5.63. The Balaban J connectivity index is 1.71. The van der Waals surface area contributed by atoms with Crippen molar-refractivity contribution in [3.05, 3.63) is 95.6 Å². The first kappa shape index (κ1) is 22.0. The van der Waals surface area contributed by atoms with Gasteiger partial charge in [0.15, 0.2) is 0 Å². The zero-order chi connectivity index (χ0) is 23.4. The molecule has 1 amide bonds. The number of fused-ring (bicyclic) bond motifs is 2. The maximum atomic E-state index is 13.0. The second kappa shape index (κ2) is 9.53. The van der Waals surface area contributed by atoms with Crippen LogP contribution in [0.5, 0.6) is 0 Å². The average Bonchev–Trinajstić information content (AvgIpc) is 2.86. The Morgan fingerprint density at radius 2 is 1.36 bits per heavy atom. The van der Waals surface area contributed by atoms with Crippen LogP contribution in [-0.4, -0.2) is 38.1 Å². The number of methoxy groups -OCH3 is 2. The summed E-state index contributed by atoms with van der Waals surface area (Å²) < 4.78 is 9.72. The Morgan fingerprint density at radius 1 is 0.758 bits per heavy atom. The Morgan fingerprint density at radius 3 is 1.97 bits per heavy atom. The minimum atomic E-state index is -0.918. The fourth-order valence-electron chi connectivity index (χ4n) is 4.01. The molecule has 0 fully saturated rings. The van der Waals surface area contributed by atoms with E-state index in [9.17, 15) is 14.4 Å². The van der Waals surface area contributed by atoms with E-state index < -0.39 is 23.9 Å². The molecule has 0 radical (unpaired) electrons. The van der Waals surface area contributed by atoms with Gasteiger partial charge in [-0.3, -0.25) is 4.79 Å². The van der Waals surface area contributed by atoms with E-state index in [1.165, 1.54) is 20.3 Å². The van der Waals surface area contributed by atoms with Gasteiger partial charge in [0.2, 0.25) is 0 Å². The largest absolute Gasteiger partial charge is 0.467 e. The Hall–Kier alpha value is -4.19. The molecular weight excluding hydrogens is 418 g/mol. The number of esters is 2. The molecule has 0 aliphatic rings. The van der Waals surface area contributed by atoms with Crippen molar-refractivity contribution in [3.8, 4) is 0 Å². The van der Waals surface area contributed by atoms with Crippen LogP contribution < -0.4 is 5.32 Å². The van der Waals surface area contributed by atoms with Crippen molar-refractivity contribution >= 4 is 39.4 Å². The number of amides is 1. The highest BCUT2D eigenvalue weighted by atomic mass is 16.5. The summed E-state index contributed by atoms with van der Waals surface area (Å²) in [6.45, 7) is 0. The Kier molecular flexibility index (Phi) is 6.36. The van der Waals surface area contributed by atoms with Crippen LogP contribution in [0.4, 0.5) is 0 Å². The predicted molar refractivity (Wildman–Crippen MR) is 126 cm³/mol. The predicted octanol–water partition coefficient (Wildman–Crippen LogP) is 4.29. The van der Waals surface area contributed by atoms with Crippen LogP contribution in [0.3, 0.4) is 0 Å². The van der Waals surface area contributed by atoms with Crippen LogP contribution in [0, 0.1) is 0 Å². The SMILES string of the molecule is COC(=O)c1cccc(C(=O)N[C@H](Cc2c3ccccc3cc3ccccc23)C(=O)OC)c1. The number of benzene rings is 4. The summed E-state index contributed by atoms with van der Waals surface area (Å²) in [5.41, 5.74) is 1.44. The summed E-state index contributed by atoms with van der Waals surface area (Å²) in [6, 6.07) is 23.2. The van der Waals surface area contributed by atoms with Crippen LogP contribution in [0.1, 0.15) is 26.3 Å². The van der Waals surface area contributed by atoms with Crippen molar-refractivity contribution < 1.29 is 23.9 Å². The van der Waals surface area contributed by atoms with Crippen molar-refractivity contribution in [2.75, 3.05) is 14.2 Å². The lowest BCUT2D eigenvalue weighted by Crippen LogP contribution is -2.43. The number of hydrogen-bond acceptors (Lipinski definition) is 5. The first-order valence-electron chi connectivity index (χ1n) is 10.5. The first-order chi connectivity index (χ1) is 16.0. The summed E-state index contributed by atoms with van der Waals surface area (Å²) >= 11 is 0. The van der Waals surface area contributed by atoms with Gasteiger partial charge in [0.25, 0.3) is 5.91 Å². The van der Waals surface area contributed by atoms with Crippen LogP contribution >= 0.6 is 0 Å². The van der Waals surface area contributed by atoms with Gasteiger partial charge in [-0.05, 0) is 51.4 Å². The standard InChI is InChI=1S/C27H23NO5/c1-32-26(30)20-11-7-10-19(15-20)25(29)28-24(27(31)33-2)16-23-21-12-5-3-8-17(21)14-18-9-4-6-13-22(18)23/h3-15,24H,16H2,1-2H3,(H,28,29)/t24-/m1/s1. The van der Waals surface area contributed by atoms with Gasteiger partial charge in [-0.15, -0.1) is 0 Å². The minimum Gasteiger partial charge on any atom is -0.467 e. The highest BCUT2D eigenvalue weighted by Crippen LogP contribution is 2.29. The van der Waals surface area contributed by atoms with E-state index in [4.69, 9.17) is 9.47 Å². The minimum absolute atomic E-state index is 0.245. The molecule has 0 bridgehead atoms. The normalized spacial score (nSPS) is 11.7.